The standard InChI is InChI=1S/C65H40N2O/c1-3-17-41(18-4-1)45-35-46(42-19-5-2-6-20-42)37-47(36-45)61-40-60(66-64(67-61)44-32-34-63-55(38-44)54-26-12-16-30-62(54)68-63)43-31-33-53-52-25-11-15-29-58(52)65(59(53)39-43)56-27-13-9-23-50(56)48-21-7-8-22-49(48)51-24-10-14-28-57(51)65/h1-40H. The third kappa shape index (κ3) is 5.79. The van der Waals surface area contributed by atoms with Crippen LogP contribution < -0.4 is 0 Å². The number of hydrogen-bond acceptors (Lipinski definition) is 3. The van der Waals surface area contributed by atoms with E-state index >= 15 is 0 Å². The summed E-state index contributed by atoms with van der Waals surface area (Å²) in [7, 11) is 0. The molecule has 1 spiro atoms. The van der Waals surface area contributed by atoms with Crippen molar-refractivity contribution in [1.82, 2.24) is 9.97 Å². The van der Waals surface area contributed by atoms with Crippen LogP contribution in [0.2, 0.25) is 0 Å². The van der Waals surface area contributed by atoms with Gasteiger partial charge in [-0.3, -0.25) is 0 Å². The maximum atomic E-state index is 6.30. The summed E-state index contributed by atoms with van der Waals surface area (Å²) in [4.78, 5) is 11.0. The number of fused-ring (bicyclic) bond motifs is 15. The van der Waals surface area contributed by atoms with Gasteiger partial charge >= 0.3 is 0 Å². The summed E-state index contributed by atoms with van der Waals surface area (Å²) in [6.45, 7) is 0. The van der Waals surface area contributed by atoms with E-state index in [-0.39, 0.29) is 0 Å². The highest BCUT2D eigenvalue weighted by atomic mass is 16.3. The molecule has 316 valence electrons. The Morgan fingerprint density at radius 1 is 0.265 bits per heavy atom. The fourth-order valence-corrected chi connectivity index (χ4v) is 11.3. The molecule has 3 heteroatoms. The second-order valence-electron chi connectivity index (χ2n) is 18.0. The lowest BCUT2D eigenvalue weighted by molar-refractivity contribution is 0.669. The quantitative estimate of drug-likeness (QED) is 0.173. The molecule has 0 fully saturated rings. The maximum absolute atomic E-state index is 6.30. The van der Waals surface area contributed by atoms with Gasteiger partial charge in [-0.15, -0.1) is 0 Å². The Morgan fingerprint density at radius 2 is 0.721 bits per heavy atom. The van der Waals surface area contributed by atoms with E-state index in [1.165, 1.54) is 55.6 Å². The normalized spacial score (nSPS) is 12.8. The summed E-state index contributed by atoms with van der Waals surface area (Å²) in [6, 6.07) is 87.9. The monoisotopic (exact) mass is 864 g/mol. The molecule has 3 nitrogen and oxygen atoms in total. The Morgan fingerprint density at radius 3 is 1.34 bits per heavy atom. The second kappa shape index (κ2) is 15.1. The number of hydrogen-bond donors (Lipinski definition) is 0. The van der Waals surface area contributed by atoms with Crippen molar-refractivity contribution in [2.75, 3.05) is 0 Å². The zero-order valence-electron chi connectivity index (χ0n) is 36.9. The summed E-state index contributed by atoms with van der Waals surface area (Å²) < 4.78 is 6.30. The minimum atomic E-state index is -0.616. The molecule has 2 aliphatic carbocycles. The van der Waals surface area contributed by atoms with Gasteiger partial charge in [0.05, 0.1) is 16.8 Å². The zero-order valence-corrected chi connectivity index (χ0v) is 36.9. The van der Waals surface area contributed by atoms with Gasteiger partial charge in [0.2, 0.25) is 0 Å². The number of benzene rings is 10. The highest BCUT2D eigenvalue weighted by molar-refractivity contribution is 6.06. The molecule has 0 N–H and O–H groups in total. The Labute approximate surface area is 394 Å². The smallest absolute Gasteiger partial charge is 0.160 e. The van der Waals surface area contributed by atoms with Crippen LogP contribution in [0.4, 0.5) is 0 Å². The average Bonchev–Trinajstić information content (AvgIpc) is 3.90. The van der Waals surface area contributed by atoms with Gasteiger partial charge in [0, 0.05) is 27.5 Å². The van der Waals surface area contributed by atoms with Crippen molar-refractivity contribution >= 4 is 21.9 Å². The molecule has 0 atom stereocenters. The molecule has 12 aromatic rings. The summed E-state index contributed by atoms with van der Waals surface area (Å²) in [5.41, 5.74) is 22.8. The third-order valence-corrected chi connectivity index (χ3v) is 14.3. The Bertz CT molecular complexity index is 3850. The molecule has 14 rings (SSSR count). The molecule has 0 unspecified atom stereocenters. The highest BCUT2D eigenvalue weighted by Gasteiger charge is 2.49. The Balaban J connectivity index is 1.04. The van der Waals surface area contributed by atoms with Crippen molar-refractivity contribution in [1.29, 1.82) is 0 Å². The number of furan rings is 1. The van der Waals surface area contributed by atoms with Crippen molar-refractivity contribution < 1.29 is 4.42 Å². The molecule has 2 heterocycles. The third-order valence-electron chi connectivity index (χ3n) is 14.3. The van der Waals surface area contributed by atoms with Crippen molar-refractivity contribution in [3.05, 3.63) is 265 Å². The van der Waals surface area contributed by atoms with E-state index in [1.807, 2.05) is 12.1 Å². The molecule has 68 heavy (non-hydrogen) atoms. The van der Waals surface area contributed by atoms with E-state index < -0.39 is 5.41 Å². The maximum Gasteiger partial charge on any atom is 0.160 e. The fraction of sp³-hybridized carbons (Fsp3) is 0.0154. The second-order valence-corrected chi connectivity index (χ2v) is 18.0. The minimum Gasteiger partial charge on any atom is -0.456 e. The summed E-state index contributed by atoms with van der Waals surface area (Å²) >= 11 is 0. The molecule has 10 aromatic carbocycles. The lowest BCUT2D eigenvalue weighted by Gasteiger charge is -2.35. The van der Waals surface area contributed by atoms with Crippen LogP contribution in [0.15, 0.2) is 247 Å². The van der Waals surface area contributed by atoms with Gasteiger partial charge in [-0.2, -0.15) is 0 Å². The minimum absolute atomic E-state index is 0.616. The first-order chi connectivity index (χ1) is 33.7. The Kier molecular flexibility index (Phi) is 8.50. The first-order valence-corrected chi connectivity index (χ1v) is 23.3. The van der Waals surface area contributed by atoms with E-state index in [0.717, 1.165) is 72.3 Å². The molecule has 2 aromatic heterocycles. The molecular formula is C65H40N2O. The van der Waals surface area contributed by atoms with Crippen LogP contribution >= 0.6 is 0 Å². The van der Waals surface area contributed by atoms with Crippen LogP contribution in [0.3, 0.4) is 0 Å². The van der Waals surface area contributed by atoms with Gasteiger partial charge in [0.1, 0.15) is 11.2 Å². The molecule has 0 radical (unpaired) electrons. The average molecular weight is 865 g/mol. The van der Waals surface area contributed by atoms with Crippen LogP contribution in [0.25, 0.3) is 111 Å². The summed E-state index contributed by atoms with van der Waals surface area (Å²) in [5, 5.41) is 2.11. The molecule has 0 amide bonds. The number of aromatic nitrogens is 2. The van der Waals surface area contributed by atoms with Crippen LogP contribution in [-0.2, 0) is 5.41 Å². The van der Waals surface area contributed by atoms with Crippen molar-refractivity contribution in [3.8, 4) is 89.5 Å². The highest BCUT2D eigenvalue weighted by Crippen LogP contribution is 2.61. The van der Waals surface area contributed by atoms with Gasteiger partial charge in [-0.1, -0.05) is 188 Å². The van der Waals surface area contributed by atoms with Gasteiger partial charge < -0.3 is 4.42 Å². The van der Waals surface area contributed by atoms with Gasteiger partial charge in [-0.05, 0) is 132 Å². The number of para-hydroxylation sites is 1. The van der Waals surface area contributed by atoms with E-state index in [2.05, 4.69) is 231 Å². The van der Waals surface area contributed by atoms with Crippen LogP contribution in [0.1, 0.15) is 22.3 Å². The zero-order chi connectivity index (χ0) is 44.8. The van der Waals surface area contributed by atoms with Crippen LogP contribution in [0.5, 0.6) is 0 Å². The SMILES string of the molecule is c1ccc(-c2cc(-c3ccccc3)cc(-c3cc(-c4ccc5c(c4)C4(c6ccccc6-c6ccccc6-c6ccccc64)c4ccccc4-5)nc(-c4ccc5oc6ccccc6c5c4)n3)c2)cc1. The molecule has 0 saturated heterocycles. The van der Waals surface area contributed by atoms with Gasteiger partial charge in [0.25, 0.3) is 0 Å². The van der Waals surface area contributed by atoms with Gasteiger partial charge in [-0.25, -0.2) is 9.97 Å². The first-order valence-electron chi connectivity index (χ1n) is 23.3. The van der Waals surface area contributed by atoms with Crippen molar-refractivity contribution in [2.24, 2.45) is 0 Å². The largest absolute Gasteiger partial charge is 0.456 e. The summed E-state index contributed by atoms with van der Waals surface area (Å²) in [6.07, 6.45) is 0. The summed E-state index contributed by atoms with van der Waals surface area (Å²) in [5.74, 6) is 0.648. The van der Waals surface area contributed by atoms with E-state index in [0.29, 0.717) is 5.82 Å². The molecule has 0 saturated carbocycles. The molecular weight excluding hydrogens is 825 g/mol. The Hall–Kier alpha value is -8.92. The van der Waals surface area contributed by atoms with Gasteiger partial charge in [0.15, 0.2) is 5.82 Å². The predicted molar refractivity (Wildman–Crippen MR) is 278 cm³/mol. The molecule has 0 bridgehead atoms. The fourth-order valence-electron chi connectivity index (χ4n) is 11.3. The lowest BCUT2D eigenvalue weighted by Crippen LogP contribution is -2.29. The number of rotatable bonds is 5. The van der Waals surface area contributed by atoms with E-state index in [1.54, 1.807) is 0 Å². The van der Waals surface area contributed by atoms with Crippen molar-refractivity contribution in [2.45, 2.75) is 5.41 Å². The predicted octanol–water partition coefficient (Wildman–Crippen LogP) is 16.7. The topological polar surface area (TPSA) is 38.9 Å². The van der Waals surface area contributed by atoms with Crippen LogP contribution in [0, 0.1) is 0 Å². The lowest BCUT2D eigenvalue weighted by atomic mass is 9.65. The number of nitrogens with zero attached hydrogens (tertiary/aromatic N) is 2. The van der Waals surface area contributed by atoms with Crippen LogP contribution in [-0.4, -0.2) is 9.97 Å². The molecule has 2 aliphatic rings. The first kappa shape index (κ1) is 38.4. The van der Waals surface area contributed by atoms with E-state index in [9.17, 15) is 0 Å². The van der Waals surface area contributed by atoms with E-state index in [4.69, 9.17) is 14.4 Å². The van der Waals surface area contributed by atoms with Crippen molar-refractivity contribution in [3.63, 3.8) is 0 Å². The molecule has 0 aliphatic heterocycles.